The topological polar surface area (TPSA) is 63.3 Å². The highest BCUT2D eigenvalue weighted by Crippen LogP contribution is 2.50. The number of anilines is 1. The molecule has 1 aliphatic carbocycles. The van der Waals surface area contributed by atoms with Gasteiger partial charge in [-0.25, -0.2) is 4.98 Å². The molecule has 1 aromatic heterocycles. The normalized spacial score (nSPS) is 15.8. The summed E-state index contributed by atoms with van der Waals surface area (Å²) < 4.78 is 0. The number of hydrogen-bond acceptors (Lipinski definition) is 2. The third-order valence-electron chi connectivity index (χ3n) is 3.77. The van der Waals surface area contributed by atoms with E-state index in [4.69, 9.17) is 17.3 Å². The van der Waals surface area contributed by atoms with Crippen LogP contribution in [0.1, 0.15) is 18.4 Å². The van der Waals surface area contributed by atoms with Crippen molar-refractivity contribution in [3.05, 3.63) is 59.2 Å². The van der Waals surface area contributed by atoms with Crippen LogP contribution in [-0.4, -0.2) is 17.5 Å². The van der Waals surface area contributed by atoms with Crippen LogP contribution in [0.4, 0.5) is 5.82 Å². The molecule has 0 saturated heterocycles. The standard InChI is InChI=1S/C16H17ClN4.HI/c17-13-6-2-1-5-12(13)16(8-9-16)11-20-15(18)21-14-7-3-4-10-19-14;/h1-7,10H,8-9,11H2,(H3,18,19,20,21);1H. The Labute approximate surface area is 152 Å². The van der Waals surface area contributed by atoms with Gasteiger partial charge in [0.25, 0.3) is 0 Å². The molecule has 1 fully saturated rings. The summed E-state index contributed by atoms with van der Waals surface area (Å²) in [5, 5.41) is 3.80. The first kappa shape index (κ1) is 17.0. The second-order valence-electron chi connectivity index (χ2n) is 5.30. The highest BCUT2D eigenvalue weighted by Gasteiger charge is 2.45. The van der Waals surface area contributed by atoms with Crippen molar-refractivity contribution in [2.24, 2.45) is 10.7 Å². The lowest BCUT2D eigenvalue weighted by atomic mass is 9.96. The minimum atomic E-state index is 0. The lowest BCUT2D eigenvalue weighted by Gasteiger charge is -2.15. The van der Waals surface area contributed by atoms with Crippen molar-refractivity contribution in [1.82, 2.24) is 4.98 Å². The number of nitrogens with one attached hydrogen (secondary N) is 1. The maximum absolute atomic E-state index is 6.29. The van der Waals surface area contributed by atoms with Crippen LogP contribution < -0.4 is 11.1 Å². The van der Waals surface area contributed by atoms with E-state index in [0.717, 1.165) is 17.9 Å². The summed E-state index contributed by atoms with van der Waals surface area (Å²) >= 11 is 6.29. The van der Waals surface area contributed by atoms with Gasteiger partial charge in [-0.15, -0.1) is 24.0 Å². The van der Waals surface area contributed by atoms with Gasteiger partial charge in [0, 0.05) is 16.6 Å². The highest BCUT2D eigenvalue weighted by atomic mass is 127. The zero-order chi connectivity index (χ0) is 14.7. The molecular formula is C16H18ClIN4. The predicted molar refractivity (Wildman–Crippen MR) is 102 cm³/mol. The van der Waals surface area contributed by atoms with E-state index >= 15 is 0 Å². The van der Waals surface area contributed by atoms with E-state index in [2.05, 4.69) is 21.4 Å². The maximum Gasteiger partial charge on any atom is 0.194 e. The predicted octanol–water partition coefficient (Wildman–Crippen LogP) is 3.81. The van der Waals surface area contributed by atoms with Crippen LogP contribution in [0.5, 0.6) is 0 Å². The highest BCUT2D eigenvalue weighted by molar-refractivity contribution is 14.0. The molecule has 22 heavy (non-hydrogen) atoms. The molecule has 116 valence electrons. The first-order chi connectivity index (χ1) is 10.2. The summed E-state index contributed by atoms with van der Waals surface area (Å²) in [5.41, 5.74) is 7.14. The van der Waals surface area contributed by atoms with E-state index in [1.807, 2.05) is 36.4 Å². The third-order valence-corrected chi connectivity index (χ3v) is 4.10. The number of nitrogens with two attached hydrogens (primary N) is 1. The molecule has 6 heteroatoms. The van der Waals surface area contributed by atoms with Gasteiger partial charge >= 0.3 is 0 Å². The smallest absolute Gasteiger partial charge is 0.194 e. The minimum absolute atomic E-state index is 0. The van der Waals surface area contributed by atoms with Crippen LogP contribution in [-0.2, 0) is 5.41 Å². The van der Waals surface area contributed by atoms with Gasteiger partial charge in [-0.3, -0.25) is 4.99 Å². The van der Waals surface area contributed by atoms with Crippen molar-refractivity contribution in [1.29, 1.82) is 0 Å². The number of aliphatic imine (C=N–C) groups is 1. The fourth-order valence-electron chi connectivity index (χ4n) is 2.40. The summed E-state index contributed by atoms with van der Waals surface area (Å²) in [4.78, 5) is 8.61. The van der Waals surface area contributed by atoms with Gasteiger partial charge in [-0.05, 0) is 36.6 Å². The number of rotatable bonds is 4. The van der Waals surface area contributed by atoms with Gasteiger partial charge in [-0.2, -0.15) is 0 Å². The summed E-state index contributed by atoms with van der Waals surface area (Å²) in [6.45, 7) is 0.641. The van der Waals surface area contributed by atoms with E-state index in [-0.39, 0.29) is 29.4 Å². The van der Waals surface area contributed by atoms with E-state index in [9.17, 15) is 0 Å². The van der Waals surface area contributed by atoms with Crippen molar-refractivity contribution in [3.63, 3.8) is 0 Å². The molecule has 0 atom stereocenters. The van der Waals surface area contributed by atoms with Gasteiger partial charge < -0.3 is 11.1 Å². The Bertz CT molecular complexity index is 656. The molecule has 3 N–H and O–H groups in total. The number of nitrogens with zero attached hydrogens (tertiary/aromatic N) is 2. The molecule has 0 amide bonds. The van der Waals surface area contributed by atoms with Gasteiger partial charge in [0.1, 0.15) is 5.82 Å². The van der Waals surface area contributed by atoms with Crippen molar-refractivity contribution in [3.8, 4) is 0 Å². The van der Waals surface area contributed by atoms with Gasteiger partial charge in [-0.1, -0.05) is 35.9 Å². The third kappa shape index (κ3) is 3.89. The Morgan fingerprint density at radius 2 is 1.95 bits per heavy atom. The summed E-state index contributed by atoms with van der Waals surface area (Å²) in [5.74, 6) is 1.08. The number of hydrogen-bond donors (Lipinski definition) is 2. The molecule has 3 rings (SSSR count). The minimum Gasteiger partial charge on any atom is -0.370 e. The zero-order valence-corrected chi connectivity index (χ0v) is 15.1. The molecule has 1 saturated carbocycles. The first-order valence-corrected chi connectivity index (χ1v) is 7.30. The molecule has 1 heterocycles. The molecule has 0 spiro atoms. The quantitative estimate of drug-likeness (QED) is 0.442. The first-order valence-electron chi connectivity index (χ1n) is 6.93. The second kappa shape index (κ2) is 7.28. The van der Waals surface area contributed by atoms with E-state index in [1.165, 1.54) is 5.56 Å². The average Bonchev–Trinajstić information content (AvgIpc) is 3.28. The number of benzene rings is 1. The second-order valence-corrected chi connectivity index (χ2v) is 5.71. The van der Waals surface area contributed by atoms with Crippen LogP contribution >= 0.6 is 35.6 Å². The molecule has 1 aliphatic rings. The molecule has 0 bridgehead atoms. The van der Waals surface area contributed by atoms with Crippen molar-refractivity contribution in [2.75, 3.05) is 11.9 Å². The summed E-state index contributed by atoms with van der Waals surface area (Å²) in [6.07, 6.45) is 3.90. The molecule has 4 nitrogen and oxygen atoms in total. The van der Waals surface area contributed by atoms with E-state index in [0.29, 0.717) is 18.3 Å². The van der Waals surface area contributed by atoms with E-state index in [1.54, 1.807) is 6.20 Å². The number of aromatic nitrogens is 1. The zero-order valence-electron chi connectivity index (χ0n) is 12.0. The number of guanidine groups is 1. The largest absolute Gasteiger partial charge is 0.370 e. The average molecular weight is 429 g/mol. The Morgan fingerprint density at radius 1 is 1.23 bits per heavy atom. The van der Waals surface area contributed by atoms with Gasteiger partial charge in [0.2, 0.25) is 0 Å². The Hall–Kier alpha value is -1.34. The van der Waals surface area contributed by atoms with Crippen LogP contribution in [0, 0.1) is 0 Å². The molecular weight excluding hydrogens is 411 g/mol. The van der Waals surface area contributed by atoms with E-state index < -0.39 is 0 Å². The van der Waals surface area contributed by atoms with Crippen LogP contribution in [0.3, 0.4) is 0 Å². The number of halogens is 2. The van der Waals surface area contributed by atoms with Crippen LogP contribution in [0.15, 0.2) is 53.7 Å². The van der Waals surface area contributed by atoms with Crippen LogP contribution in [0.2, 0.25) is 5.02 Å². The molecule has 2 aromatic rings. The van der Waals surface area contributed by atoms with Crippen LogP contribution in [0.25, 0.3) is 0 Å². The number of pyridine rings is 1. The van der Waals surface area contributed by atoms with Crippen molar-refractivity contribution < 1.29 is 0 Å². The van der Waals surface area contributed by atoms with Crippen molar-refractivity contribution >= 4 is 47.4 Å². The summed E-state index contributed by atoms with van der Waals surface area (Å²) in [6, 6.07) is 13.6. The molecule has 0 radical (unpaired) electrons. The Kier molecular flexibility index (Phi) is 5.63. The Morgan fingerprint density at radius 3 is 2.59 bits per heavy atom. The lowest BCUT2D eigenvalue weighted by molar-refractivity contribution is 0.706. The molecule has 1 aromatic carbocycles. The molecule has 0 aliphatic heterocycles. The maximum atomic E-state index is 6.29. The fraction of sp³-hybridized carbons (Fsp3) is 0.250. The molecule has 0 unspecified atom stereocenters. The fourth-order valence-corrected chi connectivity index (χ4v) is 2.73. The van der Waals surface area contributed by atoms with Gasteiger partial charge in [0.05, 0.1) is 6.54 Å². The lowest BCUT2D eigenvalue weighted by Crippen LogP contribution is -2.25. The monoisotopic (exact) mass is 428 g/mol. The van der Waals surface area contributed by atoms with Crippen molar-refractivity contribution in [2.45, 2.75) is 18.3 Å². The Balaban J connectivity index is 0.00000176. The van der Waals surface area contributed by atoms with Gasteiger partial charge in [0.15, 0.2) is 5.96 Å². The summed E-state index contributed by atoms with van der Waals surface area (Å²) in [7, 11) is 0. The SMILES string of the molecule is I.NC(=NCC1(c2ccccc2Cl)CC1)Nc1ccccn1.